The average molecular weight is 328 g/mol. The van der Waals surface area contributed by atoms with E-state index in [0.717, 1.165) is 0 Å². The Labute approximate surface area is 133 Å². The molecule has 4 nitrogen and oxygen atoms in total. The molecule has 0 unspecified atom stereocenters. The molecule has 0 atom stereocenters. The minimum Gasteiger partial charge on any atom is -0.506 e. The quantitative estimate of drug-likeness (QED) is 0.858. The molecule has 112 valence electrons. The van der Waals surface area contributed by atoms with Crippen LogP contribution in [0.25, 0.3) is 0 Å². The number of hydrogen-bond acceptors (Lipinski definition) is 4. The van der Waals surface area contributed by atoms with E-state index in [-0.39, 0.29) is 5.75 Å². The monoisotopic (exact) mass is 327 g/mol. The summed E-state index contributed by atoms with van der Waals surface area (Å²) in [5.41, 5.74) is 1.39. The molecule has 0 saturated heterocycles. The van der Waals surface area contributed by atoms with E-state index in [2.05, 4.69) is 5.32 Å². The average Bonchev–Trinajstić information content (AvgIpc) is 2.49. The Morgan fingerprint density at radius 1 is 1.05 bits per heavy atom. The molecule has 21 heavy (non-hydrogen) atoms. The summed E-state index contributed by atoms with van der Waals surface area (Å²) in [6.45, 7) is 0.382. The predicted octanol–water partition coefficient (Wildman–Crippen LogP) is 4.33. The zero-order valence-electron chi connectivity index (χ0n) is 11.6. The molecule has 0 amide bonds. The number of para-hydroxylation sites is 1. The molecular formula is C15H15Cl2NO3. The van der Waals surface area contributed by atoms with Crippen molar-refractivity contribution in [2.75, 3.05) is 19.5 Å². The van der Waals surface area contributed by atoms with Crippen molar-refractivity contribution in [3.05, 3.63) is 45.9 Å². The van der Waals surface area contributed by atoms with Gasteiger partial charge in [-0.15, -0.1) is 0 Å². The summed E-state index contributed by atoms with van der Waals surface area (Å²) in [7, 11) is 3.10. The molecule has 0 aromatic heterocycles. The van der Waals surface area contributed by atoms with Gasteiger partial charge in [-0.25, -0.2) is 0 Å². The summed E-state index contributed by atoms with van der Waals surface area (Å²) in [6, 6.07) is 8.60. The SMILES string of the molecule is COc1cc(NCc2cccc(Cl)c2O)c(OC)cc1Cl. The van der Waals surface area contributed by atoms with Gasteiger partial charge in [0.05, 0.1) is 30.0 Å². The minimum absolute atomic E-state index is 0.0616. The topological polar surface area (TPSA) is 50.7 Å². The summed E-state index contributed by atoms with van der Waals surface area (Å²) in [5, 5.41) is 13.8. The zero-order chi connectivity index (χ0) is 15.4. The fourth-order valence-electron chi connectivity index (χ4n) is 1.89. The molecule has 6 heteroatoms. The summed E-state index contributed by atoms with van der Waals surface area (Å²) in [6.07, 6.45) is 0. The highest BCUT2D eigenvalue weighted by atomic mass is 35.5. The van der Waals surface area contributed by atoms with Gasteiger partial charge in [0.1, 0.15) is 17.2 Å². The zero-order valence-corrected chi connectivity index (χ0v) is 13.1. The molecule has 0 bridgehead atoms. The highest BCUT2D eigenvalue weighted by molar-refractivity contribution is 6.32. The van der Waals surface area contributed by atoms with E-state index >= 15 is 0 Å². The maximum Gasteiger partial charge on any atom is 0.143 e. The molecule has 0 fully saturated rings. The number of phenols is 1. The van der Waals surface area contributed by atoms with Crippen LogP contribution in [0.2, 0.25) is 10.0 Å². The van der Waals surface area contributed by atoms with Gasteiger partial charge >= 0.3 is 0 Å². The highest BCUT2D eigenvalue weighted by Gasteiger charge is 2.11. The summed E-state index contributed by atoms with van der Waals surface area (Å²) < 4.78 is 10.5. The lowest BCUT2D eigenvalue weighted by Crippen LogP contribution is -2.02. The lowest BCUT2D eigenvalue weighted by molar-refractivity contribution is 0.404. The number of halogens is 2. The number of hydrogen-bond donors (Lipinski definition) is 2. The highest BCUT2D eigenvalue weighted by Crippen LogP contribution is 2.36. The van der Waals surface area contributed by atoms with Crippen molar-refractivity contribution in [1.29, 1.82) is 0 Å². The summed E-state index contributed by atoms with van der Waals surface area (Å²) >= 11 is 11.9. The molecule has 2 N–H and O–H groups in total. The van der Waals surface area contributed by atoms with E-state index in [1.807, 2.05) is 0 Å². The van der Waals surface area contributed by atoms with Crippen LogP contribution in [0.15, 0.2) is 30.3 Å². The van der Waals surface area contributed by atoms with E-state index in [9.17, 15) is 5.11 Å². The van der Waals surface area contributed by atoms with Crippen LogP contribution in [0.4, 0.5) is 5.69 Å². The number of aromatic hydroxyl groups is 1. The second kappa shape index (κ2) is 6.78. The first kappa shape index (κ1) is 15.6. The fraction of sp³-hybridized carbons (Fsp3) is 0.200. The van der Waals surface area contributed by atoms with Crippen LogP contribution >= 0.6 is 23.2 Å². The minimum atomic E-state index is 0.0616. The van der Waals surface area contributed by atoms with Gasteiger partial charge in [-0.2, -0.15) is 0 Å². The van der Waals surface area contributed by atoms with E-state index in [4.69, 9.17) is 32.7 Å². The summed E-state index contributed by atoms with van der Waals surface area (Å²) in [4.78, 5) is 0. The van der Waals surface area contributed by atoms with Gasteiger partial charge in [-0.1, -0.05) is 35.3 Å². The Morgan fingerprint density at radius 3 is 2.43 bits per heavy atom. The van der Waals surface area contributed by atoms with Crippen molar-refractivity contribution in [2.45, 2.75) is 6.54 Å². The van der Waals surface area contributed by atoms with Crippen LogP contribution in [-0.2, 0) is 6.54 Å². The molecule has 0 aliphatic rings. The van der Waals surface area contributed by atoms with Gasteiger partial charge < -0.3 is 19.9 Å². The van der Waals surface area contributed by atoms with Crippen LogP contribution in [0.3, 0.4) is 0 Å². The van der Waals surface area contributed by atoms with Crippen molar-refractivity contribution < 1.29 is 14.6 Å². The standard InChI is InChI=1S/C15H15Cl2NO3/c1-20-13-7-12(14(21-2)6-11(13)17)18-8-9-4-3-5-10(16)15(9)19/h3-7,18-19H,8H2,1-2H3. The molecule has 0 aliphatic heterocycles. The normalized spacial score (nSPS) is 10.3. The van der Waals surface area contributed by atoms with Crippen LogP contribution in [-0.4, -0.2) is 19.3 Å². The first-order chi connectivity index (χ1) is 10.1. The van der Waals surface area contributed by atoms with E-state index in [1.54, 1.807) is 44.6 Å². The largest absolute Gasteiger partial charge is 0.506 e. The maximum absolute atomic E-state index is 9.90. The van der Waals surface area contributed by atoms with Gasteiger partial charge in [-0.3, -0.25) is 0 Å². The van der Waals surface area contributed by atoms with Crippen molar-refractivity contribution in [1.82, 2.24) is 0 Å². The molecule has 0 spiro atoms. The Hall–Kier alpha value is -1.78. The van der Waals surface area contributed by atoms with E-state index in [1.165, 1.54) is 0 Å². The number of benzene rings is 2. The molecule has 2 aromatic carbocycles. The summed E-state index contributed by atoms with van der Waals surface area (Å²) in [5.74, 6) is 1.18. The third kappa shape index (κ3) is 3.46. The van der Waals surface area contributed by atoms with Crippen molar-refractivity contribution in [2.24, 2.45) is 0 Å². The van der Waals surface area contributed by atoms with Crippen molar-refractivity contribution >= 4 is 28.9 Å². The number of phenolic OH excluding ortho intramolecular Hbond substituents is 1. The predicted molar refractivity (Wildman–Crippen MR) is 85.0 cm³/mol. The number of ether oxygens (including phenoxy) is 2. The number of nitrogens with one attached hydrogen (secondary N) is 1. The Bertz CT molecular complexity index is 647. The van der Waals surface area contributed by atoms with E-state index in [0.29, 0.717) is 39.3 Å². The first-order valence-electron chi connectivity index (χ1n) is 6.18. The Kier molecular flexibility index (Phi) is 5.04. The van der Waals surface area contributed by atoms with Gasteiger partial charge in [0, 0.05) is 24.2 Å². The molecule has 0 aliphatic carbocycles. The first-order valence-corrected chi connectivity index (χ1v) is 6.94. The maximum atomic E-state index is 9.90. The molecule has 0 radical (unpaired) electrons. The van der Waals surface area contributed by atoms with Crippen LogP contribution in [0.1, 0.15) is 5.56 Å². The van der Waals surface area contributed by atoms with Crippen molar-refractivity contribution in [3.63, 3.8) is 0 Å². The molecule has 0 heterocycles. The van der Waals surface area contributed by atoms with Gasteiger partial charge in [0.15, 0.2) is 0 Å². The van der Waals surface area contributed by atoms with Crippen LogP contribution < -0.4 is 14.8 Å². The number of anilines is 1. The molecule has 2 rings (SSSR count). The van der Waals surface area contributed by atoms with Crippen molar-refractivity contribution in [3.8, 4) is 17.2 Å². The third-order valence-electron chi connectivity index (χ3n) is 3.01. The van der Waals surface area contributed by atoms with Crippen LogP contribution in [0.5, 0.6) is 17.2 Å². The molecular weight excluding hydrogens is 313 g/mol. The third-order valence-corrected chi connectivity index (χ3v) is 3.61. The van der Waals surface area contributed by atoms with Gasteiger partial charge in [0.2, 0.25) is 0 Å². The van der Waals surface area contributed by atoms with Crippen LogP contribution in [0, 0.1) is 0 Å². The second-order valence-electron chi connectivity index (χ2n) is 4.29. The number of methoxy groups -OCH3 is 2. The molecule has 0 saturated carbocycles. The second-order valence-corrected chi connectivity index (χ2v) is 5.10. The lowest BCUT2D eigenvalue weighted by Gasteiger charge is -2.14. The molecule has 2 aromatic rings. The Morgan fingerprint density at radius 2 is 1.76 bits per heavy atom. The number of rotatable bonds is 5. The smallest absolute Gasteiger partial charge is 0.143 e. The van der Waals surface area contributed by atoms with Gasteiger partial charge in [0.25, 0.3) is 0 Å². The fourth-order valence-corrected chi connectivity index (χ4v) is 2.32. The van der Waals surface area contributed by atoms with Gasteiger partial charge in [-0.05, 0) is 6.07 Å². The Balaban J connectivity index is 2.25. The van der Waals surface area contributed by atoms with E-state index < -0.39 is 0 Å². The lowest BCUT2D eigenvalue weighted by atomic mass is 10.2.